The van der Waals surface area contributed by atoms with E-state index in [4.69, 9.17) is 0 Å². The Hall–Kier alpha value is -2.63. The summed E-state index contributed by atoms with van der Waals surface area (Å²) < 4.78 is 54.4. The van der Waals surface area contributed by atoms with E-state index < -0.39 is 34.4 Å². The Balaban J connectivity index is 2.29. The summed E-state index contributed by atoms with van der Waals surface area (Å²) in [4.78, 5) is 29.4. The first kappa shape index (κ1) is 23.0. The third-order valence-corrected chi connectivity index (χ3v) is 6.30. The first-order valence-electron chi connectivity index (χ1n) is 8.74. The molecule has 1 atom stereocenters. The maximum absolute atomic E-state index is 13.2. The minimum atomic E-state index is -4.63. The fourth-order valence-corrected chi connectivity index (χ4v) is 4.27. The number of amides is 1. The van der Waals surface area contributed by atoms with E-state index in [1.54, 1.807) is 6.07 Å². The lowest BCUT2D eigenvalue weighted by Gasteiger charge is -2.18. The van der Waals surface area contributed by atoms with Crippen LogP contribution in [0.3, 0.4) is 0 Å². The number of carbonyl (C=O) groups is 1. The molecule has 0 aliphatic heterocycles. The van der Waals surface area contributed by atoms with Crippen LogP contribution in [0.4, 0.5) is 13.2 Å². The molecule has 0 bridgehead atoms. The molecule has 31 heavy (non-hydrogen) atoms. The van der Waals surface area contributed by atoms with E-state index in [0.29, 0.717) is 4.47 Å². The molecule has 0 saturated heterocycles. The van der Waals surface area contributed by atoms with Crippen LogP contribution in [-0.2, 0) is 17.4 Å². The van der Waals surface area contributed by atoms with Gasteiger partial charge in [0.15, 0.2) is 4.90 Å². The molecule has 1 aromatic carbocycles. The monoisotopic (exact) mass is 513 g/mol. The van der Waals surface area contributed by atoms with Gasteiger partial charge in [0.1, 0.15) is 5.56 Å². The number of hydrogen-bond acceptors (Lipinski definition) is 4. The molecular weight excluding hydrogens is 499 g/mol. The number of benzene rings is 1. The fraction of sp³-hybridized carbons (Fsp3) is 0.150. The minimum Gasteiger partial charge on any atom is -0.605 e. The van der Waals surface area contributed by atoms with Crippen LogP contribution in [-0.4, -0.2) is 27.1 Å². The SMILES string of the molecule is CNC(=O)c1cc([S+]([O-])c2ccc(Br)cn2)c(C)n(-c2cccc(C(F)(F)F)c2)c1=O. The topological polar surface area (TPSA) is 87.0 Å². The molecule has 0 fully saturated rings. The molecule has 2 aromatic heterocycles. The van der Waals surface area contributed by atoms with Crippen molar-refractivity contribution in [3.63, 3.8) is 0 Å². The van der Waals surface area contributed by atoms with Crippen LogP contribution in [0, 0.1) is 6.92 Å². The Morgan fingerprint density at radius 1 is 1.23 bits per heavy atom. The minimum absolute atomic E-state index is 0.0745. The highest BCUT2D eigenvalue weighted by Gasteiger charge is 2.32. The van der Waals surface area contributed by atoms with E-state index >= 15 is 0 Å². The van der Waals surface area contributed by atoms with Gasteiger partial charge in [-0.1, -0.05) is 6.07 Å². The van der Waals surface area contributed by atoms with Gasteiger partial charge in [-0.25, -0.2) is 4.98 Å². The van der Waals surface area contributed by atoms with Crippen LogP contribution < -0.4 is 10.9 Å². The van der Waals surface area contributed by atoms with Gasteiger partial charge < -0.3 is 9.87 Å². The first-order valence-corrected chi connectivity index (χ1v) is 10.7. The molecule has 0 aliphatic carbocycles. The van der Waals surface area contributed by atoms with Gasteiger partial charge in [0.05, 0.1) is 11.3 Å². The van der Waals surface area contributed by atoms with E-state index in [2.05, 4.69) is 26.2 Å². The van der Waals surface area contributed by atoms with Gasteiger partial charge in [-0.3, -0.25) is 14.2 Å². The zero-order chi connectivity index (χ0) is 22.9. The second-order valence-electron chi connectivity index (χ2n) is 6.36. The number of nitrogens with zero attached hydrogens (tertiary/aromatic N) is 2. The molecule has 162 valence electrons. The summed E-state index contributed by atoms with van der Waals surface area (Å²) in [6.45, 7) is 1.45. The molecular formula is C20H15BrF3N3O3S. The molecule has 3 rings (SSSR count). The van der Waals surface area contributed by atoms with E-state index in [1.165, 1.54) is 38.4 Å². The second kappa shape index (κ2) is 8.85. The van der Waals surface area contributed by atoms with Crippen LogP contribution in [0.1, 0.15) is 21.6 Å². The Bertz CT molecular complexity index is 1200. The highest BCUT2D eigenvalue weighted by atomic mass is 79.9. The van der Waals surface area contributed by atoms with Crippen molar-refractivity contribution in [1.82, 2.24) is 14.9 Å². The molecule has 3 aromatic rings. The van der Waals surface area contributed by atoms with Crippen LogP contribution in [0.2, 0.25) is 0 Å². The zero-order valence-electron chi connectivity index (χ0n) is 16.2. The summed E-state index contributed by atoms with van der Waals surface area (Å²) in [6, 6.07) is 8.44. The first-order chi connectivity index (χ1) is 14.5. The van der Waals surface area contributed by atoms with Crippen LogP contribution in [0.25, 0.3) is 5.69 Å². The number of carbonyl (C=O) groups excluding carboxylic acids is 1. The lowest BCUT2D eigenvalue weighted by Crippen LogP contribution is -2.33. The Kier molecular flexibility index (Phi) is 6.58. The normalized spacial score (nSPS) is 12.5. The molecule has 11 heteroatoms. The van der Waals surface area contributed by atoms with Crippen molar-refractivity contribution in [2.45, 2.75) is 23.0 Å². The lowest BCUT2D eigenvalue weighted by atomic mass is 10.1. The Morgan fingerprint density at radius 3 is 2.52 bits per heavy atom. The van der Waals surface area contributed by atoms with Crippen molar-refractivity contribution in [3.05, 3.63) is 80.3 Å². The standard InChI is InChI=1S/C20H15BrF3N3O3S/c1-11-16(31(30)17-7-6-13(21)10-26-17)9-15(18(28)25-2)19(29)27(11)14-5-3-4-12(8-14)20(22,23)24/h3-10H,1-2H3,(H,25,28). The molecule has 6 nitrogen and oxygen atoms in total. The average Bonchev–Trinajstić information content (AvgIpc) is 2.73. The van der Waals surface area contributed by atoms with Crippen molar-refractivity contribution in [2.75, 3.05) is 7.05 Å². The molecule has 0 aliphatic rings. The van der Waals surface area contributed by atoms with Gasteiger partial charge in [-0.2, -0.15) is 13.2 Å². The molecule has 0 spiro atoms. The number of pyridine rings is 2. The number of aromatic nitrogens is 2. The zero-order valence-corrected chi connectivity index (χ0v) is 18.6. The van der Waals surface area contributed by atoms with E-state index in [1.807, 2.05) is 0 Å². The third-order valence-electron chi connectivity index (χ3n) is 4.39. The van der Waals surface area contributed by atoms with Crippen LogP contribution in [0.5, 0.6) is 0 Å². The van der Waals surface area contributed by atoms with Gasteiger partial charge in [-0.05, 0) is 47.1 Å². The average molecular weight is 514 g/mol. The predicted octanol–water partition coefficient (Wildman–Crippen LogP) is 3.85. The van der Waals surface area contributed by atoms with Crippen LogP contribution >= 0.6 is 15.9 Å². The highest BCUT2D eigenvalue weighted by Crippen LogP contribution is 2.31. The number of halogens is 4. The lowest BCUT2D eigenvalue weighted by molar-refractivity contribution is -0.137. The highest BCUT2D eigenvalue weighted by molar-refractivity contribution is 9.10. The van der Waals surface area contributed by atoms with E-state index in [0.717, 1.165) is 22.8 Å². The quantitative estimate of drug-likeness (QED) is 0.536. The van der Waals surface area contributed by atoms with E-state index in [9.17, 15) is 27.3 Å². The van der Waals surface area contributed by atoms with Gasteiger partial charge in [0, 0.05) is 46.7 Å². The molecule has 0 saturated carbocycles. The van der Waals surface area contributed by atoms with Crippen molar-refractivity contribution in [1.29, 1.82) is 0 Å². The van der Waals surface area contributed by atoms with Gasteiger partial charge in [0.25, 0.3) is 11.5 Å². The Morgan fingerprint density at radius 2 is 1.94 bits per heavy atom. The van der Waals surface area contributed by atoms with Crippen molar-refractivity contribution < 1.29 is 22.5 Å². The largest absolute Gasteiger partial charge is 0.605 e. The molecule has 1 unspecified atom stereocenters. The van der Waals surface area contributed by atoms with Gasteiger partial charge >= 0.3 is 6.18 Å². The van der Waals surface area contributed by atoms with Crippen molar-refractivity contribution in [2.24, 2.45) is 0 Å². The molecule has 0 radical (unpaired) electrons. The van der Waals surface area contributed by atoms with Gasteiger partial charge in [0.2, 0.25) is 5.03 Å². The summed E-state index contributed by atoms with van der Waals surface area (Å²) in [5.74, 6) is -0.757. The summed E-state index contributed by atoms with van der Waals surface area (Å²) in [7, 11) is 1.31. The maximum Gasteiger partial charge on any atom is 0.416 e. The maximum atomic E-state index is 13.2. The number of nitrogens with one attached hydrogen (secondary N) is 1. The van der Waals surface area contributed by atoms with Crippen molar-refractivity contribution in [3.8, 4) is 5.69 Å². The summed E-state index contributed by atoms with van der Waals surface area (Å²) in [5, 5.41) is 2.47. The summed E-state index contributed by atoms with van der Waals surface area (Å²) in [5.41, 5.74) is -2.13. The molecule has 2 heterocycles. The second-order valence-corrected chi connectivity index (χ2v) is 8.67. The number of rotatable bonds is 4. The predicted molar refractivity (Wildman–Crippen MR) is 112 cm³/mol. The number of hydrogen-bond donors (Lipinski definition) is 1. The van der Waals surface area contributed by atoms with E-state index in [-0.39, 0.29) is 26.9 Å². The Labute approximate surface area is 186 Å². The summed E-state index contributed by atoms with van der Waals surface area (Å²) >= 11 is 1.32. The molecule has 1 N–H and O–H groups in total. The number of alkyl halides is 3. The van der Waals surface area contributed by atoms with Crippen molar-refractivity contribution >= 4 is 33.0 Å². The summed E-state index contributed by atoms with van der Waals surface area (Å²) in [6.07, 6.45) is -3.19. The van der Waals surface area contributed by atoms with Crippen LogP contribution in [0.15, 0.2) is 67.9 Å². The smallest absolute Gasteiger partial charge is 0.416 e. The molecule has 1 amide bonds. The fourth-order valence-electron chi connectivity index (χ4n) is 2.88. The van der Waals surface area contributed by atoms with Gasteiger partial charge in [-0.15, -0.1) is 0 Å². The third kappa shape index (κ3) is 4.68.